The summed E-state index contributed by atoms with van der Waals surface area (Å²) in [5.74, 6) is -0.453. The second-order valence-electron chi connectivity index (χ2n) is 7.79. The van der Waals surface area contributed by atoms with E-state index in [0.717, 1.165) is 6.07 Å². The van der Waals surface area contributed by atoms with Crippen LogP contribution in [-0.2, 0) is 14.6 Å². The first-order chi connectivity index (χ1) is 13.5. The summed E-state index contributed by atoms with van der Waals surface area (Å²) in [6.45, 7) is 6.05. The van der Waals surface area contributed by atoms with Gasteiger partial charge in [-0.1, -0.05) is 6.07 Å². The van der Waals surface area contributed by atoms with Crippen LogP contribution in [0, 0.1) is 5.82 Å². The summed E-state index contributed by atoms with van der Waals surface area (Å²) in [6.07, 6.45) is -0.687. The van der Waals surface area contributed by atoms with E-state index in [1.54, 1.807) is 32.9 Å². The molecular formula is C20H23FN2O5S. The highest BCUT2D eigenvalue weighted by molar-refractivity contribution is 7.91. The molecule has 2 aromatic rings. The first kappa shape index (κ1) is 20.9. The van der Waals surface area contributed by atoms with Gasteiger partial charge in [-0.05, 0) is 57.2 Å². The van der Waals surface area contributed by atoms with E-state index in [0.29, 0.717) is 18.8 Å². The number of carbonyl (C=O) groups is 1. The van der Waals surface area contributed by atoms with E-state index in [1.807, 2.05) is 0 Å². The summed E-state index contributed by atoms with van der Waals surface area (Å²) in [6, 6.07) is 9.31. The van der Waals surface area contributed by atoms with Crippen LogP contribution in [0.15, 0.2) is 52.3 Å². The van der Waals surface area contributed by atoms with Gasteiger partial charge in [-0.3, -0.25) is 0 Å². The fourth-order valence-electron chi connectivity index (χ4n) is 2.71. The summed E-state index contributed by atoms with van der Waals surface area (Å²) in [7, 11) is -3.93. The van der Waals surface area contributed by atoms with Crippen molar-refractivity contribution in [3.8, 4) is 5.75 Å². The number of rotatable bonds is 4. The summed E-state index contributed by atoms with van der Waals surface area (Å²) in [5, 5.41) is 0. The number of likely N-dealkylation sites (tertiary alicyclic amines) is 1. The van der Waals surface area contributed by atoms with E-state index in [4.69, 9.17) is 15.2 Å². The summed E-state index contributed by atoms with van der Waals surface area (Å²) in [5.41, 5.74) is 4.71. The predicted molar refractivity (Wildman–Crippen MR) is 105 cm³/mol. The Kier molecular flexibility index (Phi) is 5.44. The Labute approximate surface area is 169 Å². The number of amides is 1. The van der Waals surface area contributed by atoms with Gasteiger partial charge in [-0.25, -0.2) is 17.6 Å². The number of halogens is 1. The fraction of sp³-hybridized carbons (Fsp3) is 0.350. The summed E-state index contributed by atoms with van der Waals surface area (Å²) in [4.78, 5) is 13.3. The van der Waals surface area contributed by atoms with Gasteiger partial charge < -0.3 is 20.1 Å². The van der Waals surface area contributed by atoms with Crippen molar-refractivity contribution < 1.29 is 27.1 Å². The lowest BCUT2D eigenvalue weighted by atomic mass is 10.1. The topological polar surface area (TPSA) is 98.9 Å². The zero-order valence-corrected chi connectivity index (χ0v) is 17.2. The molecule has 0 aliphatic carbocycles. The summed E-state index contributed by atoms with van der Waals surface area (Å²) < 4.78 is 50.3. The Morgan fingerprint density at radius 3 is 2.41 bits per heavy atom. The first-order valence-corrected chi connectivity index (χ1v) is 10.5. The molecule has 9 heteroatoms. The Hall–Kier alpha value is -2.81. The zero-order valence-electron chi connectivity index (χ0n) is 16.4. The first-order valence-electron chi connectivity index (χ1n) is 9.00. The highest BCUT2D eigenvalue weighted by Gasteiger charge is 2.35. The molecule has 0 atom stereocenters. The van der Waals surface area contributed by atoms with Gasteiger partial charge >= 0.3 is 6.09 Å². The monoisotopic (exact) mass is 422 g/mol. The average molecular weight is 422 g/mol. The number of anilines is 1. The molecular weight excluding hydrogens is 399 g/mol. The Bertz CT molecular complexity index is 1030. The van der Waals surface area contributed by atoms with Crippen molar-refractivity contribution >= 4 is 21.6 Å². The number of hydrogen-bond donors (Lipinski definition) is 1. The van der Waals surface area contributed by atoms with Gasteiger partial charge in [-0.15, -0.1) is 0 Å². The van der Waals surface area contributed by atoms with Crippen molar-refractivity contribution in [1.29, 1.82) is 0 Å². The minimum absolute atomic E-state index is 0.0255. The maximum Gasteiger partial charge on any atom is 0.410 e. The third-order valence-corrected chi connectivity index (χ3v) is 5.95. The highest BCUT2D eigenvalue weighted by Crippen LogP contribution is 2.27. The van der Waals surface area contributed by atoms with Crippen molar-refractivity contribution in [2.45, 2.75) is 42.3 Å². The smallest absolute Gasteiger partial charge is 0.410 e. The molecule has 0 aromatic heterocycles. The molecule has 1 saturated heterocycles. The summed E-state index contributed by atoms with van der Waals surface area (Å²) >= 11 is 0. The molecule has 1 amide bonds. The van der Waals surface area contributed by atoms with E-state index < -0.39 is 27.3 Å². The third-order valence-electron chi connectivity index (χ3n) is 4.20. The van der Waals surface area contributed by atoms with Crippen LogP contribution in [0.5, 0.6) is 5.75 Å². The van der Waals surface area contributed by atoms with Crippen LogP contribution in [0.25, 0.3) is 0 Å². The minimum Gasteiger partial charge on any atom is -0.487 e. The van der Waals surface area contributed by atoms with E-state index in [2.05, 4.69) is 0 Å². The van der Waals surface area contributed by atoms with Gasteiger partial charge in [0.15, 0.2) is 0 Å². The van der Waals surface area contributed by atoms with Gasteiger partial charge in [0.05, 0.1) is 28.6 Å². The van der Waals surface area contributed by atoms with Crippen molar-refractivity contribution in [1.82, 2.24) is 4.90 Å². The van der Waals surface area contributed by atoms with Crippen molar-refractivity contribution in [2.75, 3.05) is 18.8 Å². The number of nitrogen functional groups attached to an aromatic ring is 1. The van der Waals surface area contributed by atoms with E-state index >= 15 is 0 Å². The average Bonchev–Trinajstić information content (AvgIpc) is 2.58. The number of sulfone groups is 1. The molecule has 2 aromatic carbocycles. The van der Waals surface area contributed by atoms with E-state index in [1.165, 1.54) is 29.2 Å². The third kappa shape index (κ3) is 4.79. The van der Waals surface area contributed by atoms with Crippen molar-refractivity contribution in [2.24, 2.45) is 0 Å². The predicted octanol–water partition coefficient (Wildman–Crippen LogP) is 3.24. The maximum absolute atomic E-state index is 13.7. The highest BCUT2D eigenvalue weighted by atomic mass is 32.2. The van der Waals surface area contributed by atoms with Gasteiger partial charge in [0, 0.05) is 0 Å². The van der Waals surface area contributed by atoms with Crippen LogP contribution < -0.4 is 10.5 Å². The van der Waals surface area contributed by atoms with E-state index in [9.17, 15) is 17.6 Å². The zero-order chi connectivity index (χ0) is 21.4. The Balaban J connectivity index is 1.68. The molecule has 0 spiro atoms. The van der Waals surface area contributed by atoms with Crippen LogP contribution in [0.3, 0.4) is 0 Å². The van der Waals surface area contributed by atoms with Gasteiger partial charge in [0.25, 0.3) is 0 Å². The molecule has 0 saturated carbocycles. The Morgan fingerprint density at radius 2 is 1.79 bits per heavy atom. The number of hydrogen-bond acceptors (Lipinski definition) is 6. The van der Waals surface area contributed by atoms with Crippen LogP contribution in [0.1, 0.15) is 20.8 Å². The molecule has 2 N–H and O–H groups in total. The molecule has 0 unspecified atom stereocenters. The minimum atomic E-state index is -3.93. The molecule has 1 fully saturated rings. The maximum atomic E-state index is 13.7. The number of benzene rings is 2. The van der Waals surface area contributed by atoms with Crippen LogP contribution in [0.2, 0.25) is 0 Å². The molecule has 1 aliphatic heterocycles. The van der Waals surface area contributed by atoms with Gasteiger partial charge in [0.2, 0.25) is 9.84 Å². The van der Waals surface area contributed by atoms with Crippen LogP contribution in [-0.4, -0.2) is 44.2 Å². The molecule has 1 heterocycles. The quantitative estimate of drug-likeness (QED) is 0.760. The SMILES string of the molecule is CC(C)(C)OC(=O)N1CC(Oc2cccc(S(=O)(=O)c3ccc(N)c(F)c3)c2)C1. The molecule has 29 heavy (non-hydrogen) atoms. The number of nitrogens with two attached hydrogens (primary N) is 1. The lowest BCUT2D eigenvalue weighted by Gasteiger charge is -2.39. The van der Waals surface area contributed by atoms with Crippen LogP contribution >= 0.6 is 0 Å². The Morgan fingerprint density at radius 1 is 1.14 bits per heavy atom. The number of nitrogens with zero attached hydrogens (tertiary/aromatic N) is 1. The lowest BCUT2D eigenvalue weighted by Crippen LogP contribution is -2.57. The second-order valence-corrected chi connectivity index (χ2v) is 9.74. The largest absolute Gasteiger partial charge is 0.487 e. The van der Waals surface area contributed by atoms with Gasteiger partial charge in [0.1, 0.15) is 23.3 Å². The lowest BCUT2D eigenvalue weighted by molar-refractivity contribution is -0.0221. The molecule has 7 nitrogen and oxygen atoms in total. The fourth-order valence-corrected chi connectivity index (χ4v) is 4.01. The number of ether oxygens (including phenoxy) is 2. The van der Waals surface area contributed by atoms with Crippen molar-refractivity contribution in [3.63, 3.8) is 0 Å². The molecule has 0 radical (unpaired) electrons. The van der Waals surface area contributed by atoms with Crippen LogP contribution in [0.4, 0.5) is 14.9 Å². The van der Waals surface area contributed by atoms with Gasteiger partial charge in [-0.2, -0.15) is 0 Å². The standard InChI is InChI=1S/C20H23FN2O5S/c1-20(2,3)28-19(24)23-11-14(12-23)27-13-5-4-6-15(9-13)29(25,26)16-7-8-18(22)17(21)10-16/h4-10,14H,11-12,22H2,1-3H3. The van der Waals surface area contributed by atoms with Crippen molar-refractivity contribution in [3.05, 3.63) is 48.3 Å². The second kappa shape index (κ2) is 7.55. The molecule has 3 rings (SSSR count). The normalized spacial score (nSPS) is 15.0. The molecule has 156 valence electrons. The molecule has 0 bridgehead atoms. The number of carbonyl (C=O) groups excluding carboxylic acids is 1. The molecule has 1 aliphatic rings. The van der Waals surface area contributed by atoms with E-state index in [-0.39, 0.29) is 21.6 Å².